The lowest BCUT2D eigenvalue weighted by Gasteiger charge is -2.04. The Morgan fingerprint density at radius 3 is 2.81 bits per heavy atom. The third kappa shape index (κ3) is 2.70. The number of rotatable bonds is 4. The third-order valence-corrected chi connectivity index (χ3v) is 4.82. The summed E-state index contributed by atoms with van der Waals surface area (Å²) in [6.07, 6.45) is 1.43. The van der Waals surface area contributed by atoms with Crippen LogP contribution in [0.25, 0.3) is 10.8 Å². The van der Waals surface area contributed by atoms with Crippen molar-refractivity contribution in [2.24, 2.45) is 0 Å². The number of hydrogen-bond donors (Lipinski definition) is 0. The molecule has 0 fully saturated rings. The summed E-state index contributed by atoms with van der Waals surface area (Å²) in [5, 5.41) is 1.91. The Kier molecular flexibility index (Phi) is 3.89. The quantitative estimate of drug-likeness (QED) is 0.519. The number of amides is 2. The van der Waals surface area contributed by atoms with Crippen molar-refractivity contribution in [1.29, 1.82) is 0 Å². The van der Waals surface area contributed by atoms with Crippen LogP contribution in [0.1, 0.15) is 36.8 Å². The van der Waals surface area contributed by atoms with Gasteiger partial charge >= 0.3 is 5.97 Å². The van der Waals surface area contributed by atoms with E-state index in [1.54, 1.807) is 0 Å². The molecule has 4 rings (SSSR count). The smallest absolute Gasteiger partial charge is 0.338 e. The first kappa shape index (κ1) is 16.2. The number of carbonyl (C=O) groups excluding carboxylic acids is 3. The van der Waals surface area contributed by atoms with E-state index in [9.17, 15) is 14.4 Å². The van der Waals surface area contributed by atoms with Crippen LogP contribution < -0.4 is 0 Å². The second-order valence-corrected chi connectivity index (χ2v) is 6.57. The second-order valence-electron chi connectivity index (χ2n) is 5.63. The molecule has 26 heavy (non-hydrogen) atoms. The van der Waals surface area contributed by atoms with Gasteiger partial charge in [0.05, 0.1) is 21.6 Å². The van der Waals surface area contributed by atoms with Crippen LogP contribution in [0.2, 0.25) is 0 Å². The van der Waals surface area contributed by atoms with Crippen LogP contribution in [0, 0.1) is 0 Å². The Morgan fingerprint density at radius 1 is 1.23 bits per heavy atom. The van der Waals surface area contributed by atoms with E-state index in [2.05, 4.69) is 4.98 Å². The molecule has 0 bridgehead atoms. The molecule has 3 aromatic rings. The van der Waals surface area contributed by atoms with Crippen LogP contribution in [0.4, 0.5) is 0 Å². The monoisotopic (exact) mass is 368 g/mol. The Hall–Kier alpha value is -3.26. The van der Waals surface area contributed by atoms with Crippen molar-refractivity contribution in [1.82, 2.24) is 9.88 Å². The number of carbonyl (C=O) groups is 3. The van der Waals surface area contributed by atoms with Gasteiger partial charge in [0.1, 0.15) is 18.6 Å². The molecule has 3 heterocycles. The summed E-state index contributed by atoms with van der Waals surface area (Å²) in [4.78, 5) is 42.3. The molecular formula is C18H12N2O5S. The zero-order valence-corrected chi connectivity index (χ0v) is 14.4. The van der Waals surface area contributed by atoms with Gasteiger partial charge in [-0.25, -0.2) is 9.78 Å². The lowest BCUT2D eigenvalue weighted by Crippen LogP contribution is -2.24. The summed E-state index contributed by atoms with van der Waals surface area (Å²) in [6.45, 7) is -0.0580. The van der Waals surface area contributed by atoms with Crippen molar-refractivity contribution in [3.63, 3.8) is 0 Å². The van der Waals surface area contributed by atoms with Gasteiger partial charge in [0.15, 0.2) is 0 Å². The SMILES string of the molecule is CN1C(=O)c2ccc(C(=O)OCc3coc(-c4cccs4)n3)cc2C1=O. The predicted molar refractivity (Wildman–Crippen MR) is 91.8 cm³/mol. The van der Waals surface area contributed by atoms with Gasteiger partial charge in [-0.2, -0.15) is 0 Å². The van der Waals surface area contributed by atoms with Crippen molar-refractivity contribution < 1.29 is 23.5 Å². The molecule has 0 saturated heterocycles. The molecule has 7 nitrogen and oxygen atoms in total. The Bertz CT molecular complexity index is 1020. The van der Waals surface area contributed by atoms with E-state index in [-0.39, 0.29) is 29.2 Å². The molecule has 0 spiro atoms. The number of ether oxygens (including phenoxy) is 1. The highest BCUT2D eigenvalue weighted by Crippen LogP contribution is 2.25. The normalized spacial score (nSPS) is 13.2. The number of hydrogen-bond acceptors (Lipinski definition) is 7. The van der Waals surface area contributed by atoms with Crippen molar-refractivity contribution >= 4 is 29.1 Å². The molecule has 0 radical (unpaired) electrons. The van der Waals surface area contributed by atoms with E-state index in [0.717, 1.165) is 9.78 Å². The highest BCUT2D eigenvalue weighted by atomic mass is 32.1. The molecule has 0 saturated carbocycles. The summed E-state index contributed by atoms with van der Waals surface area (Å²) < 4.78 is 10.6. The molecule has 2 aromatic heterocycles. The largest absolute Gasteiger partial charge is 0.455 e. The summed E-state index contributed by atoms with van der Waals surface area (Å²) in [5.74, 6) is -0.954. The van der Waals surface area contributed by atoms with Crippen LogP contribution in [0.15, 0.2) is 46.4 Å². The average molecular weight is 368 g/mol. The van der Waals surface area contributed by atoms with Gasteiger partial charge in [-0.3, -0.25) is 14.5 Å². The fourth-order valence-corrected chi connectivity index (χ4v) is 3.25. The van der Waals surface area contributed by atoms with Gasteiger partial charge in [0.25, 0.3) is 11.8 Å². The molecule has 2 amide bonds. The van der Waals surface area contributed by atoms with Crippen molar-refractivity contribution in [3.05, 3.63) is 64.4 Å². The van der Waals surface area contributed by atoms with Gasteiger partial charge in [-0.1, -0.05) is 6.07 Å². The number of benzene rings is 1. The summed E-state index contributed by atoms with van der Waals surface area (Å²) in [5.41, 5.74) is 1.16. The summed E-state index contributed by atoms with van der Waals surface area (Å²) >= 11 is 1.50. The number of nitrogens with zero attached hydrogens (tertiary/aromatic N) is 2. The number of thiophene rings is 1. The first-order valence-electron chi connectivity index (χ1n) is 7.66. The molecule has 1 aromatic carbocycles. The maximum atomic E-state index is 12.2. The van der Waals surface area contributed by atoms with E-state index in [0.29, 0.717) is 11.6 Å². The summed E-state index contributed by atoms with van der Waals surface area (Å²) in [6, 6.07) is 8.07. The third-order valence-electron chi connectivity index (χ3n) is 3.96. The fourth-order valence-electron chi connectivity index (χ4n) is 2.60. The number of oxazole rings is 1. The van der Waals surface area contributed by atoms with Crippen molar-refractivity contribution in [3.8, 4) is 10.8 Å². The maximum absolute atomic E-state index is 12.2. The summed E-state index contributed by atoms with van der Waals surface area (Å²) in [7, 11) is 1.40. The fraction of sp³-hybridized carbons (Fsp3) is 0.111. The number of imide groups is 1. The van der Waals surface area contributed by atoms with E-state index < -0.39 is 11.9 Å². The minimum atomic E-state index is -0.608. The molecule has 0 N–H and O–H groups in total. The standard InChI is InChI=1S/C18H12N2O5S/c1-20-16(21)12-5-4-10(7-13(12)17(20)22)18(23)25-9-11-8-24-15(19-11)14-3-2-6-26-14/h2-8H,9H2,1H3. The minimum Gasteiger partial charge on any atom is -0.455 e. The van der Waals surface area contributed by atoms with Crippen LogP contribution in [-0.2, 0) is 11.3 Å². The first-order valence-corrected chi connectivity index (χ1v) is 8.54. The van der Waals surface area contributed by atoms with Crippen molar-refractivity contribution in [2.75, 3.05) is 7.05 Å². The zero-order chi connectivity index (χ0) is 18.3. The zero-order valence-electron chi connectivity index (χ0n) is 13.6. The van der Waals surface area contributed by atoms with Crippen LogP contribution >= 0.6 is 11.3 Å². The Balaban J connectivity index is 1.46. The van der Waals surface area contributed by atoms with Gasteiger partial charge in [-0.15, -0.1) is 11.3 Å². The highest BCUT2D eigenvalue weighted by Gasteiger charge is 2.33. The van der Waals surface area contributed by atoms with Gasteiger partial charge < -0.3 is 9.15 Å². The van der Waals surface area contributed by atoms with Crippen molar-refractivity contribution in [2.45, 2.75) is 6.61 Å². The molecule has 130 valence electrons. The van der Waals surface area contributed by atoms with Gasteiger partial charge in [0.2, 0.25) is 5.89 Å². The minimum absolute atomic E-state index is 0.0580. The highest BCUT2D eigenvalue weighted by molar-refractivity contribution is 7.13. The molecule has 8 heteroatoms. The van der Waals surface area contributed by atoms with E-state index in [1.165, 1.54) is 42.8 Å². The Labute approximate surface area is 151 Å². The molecular weight excluding hydrogens is 356 g/mol. The van der Waals surface area contributed by atoms with Gasteiger partial charge in [-0.05, 0) is 29.6 Å². The van der Waals surface area contributed by atoms with Crippen LogP contribution in [0.5, 0.6) is 0 Å². The van der Waals surface area contributed by atoms with Crippen LogP contribution in [0.3, 0.4) is 0 Å². The average Bonchev–Trinajstić information content (AvgIpc) is 3.38. The van der Waals surface area contributed by atoms with Gasteiger partial charge in [0, 0.05) is 7.05 Å². The Morgan fingerprint density at radius 2 is 2.04 bits per heavy atom. The number of fused-ring (bicyclic) bond motifs is 1. The topological polar surface area (TPSA) is 89.7 Å². The van der Waals surface area contributed by atoms with Crippen LogP contribution in [-0.4, -0.2) is 34.7 Å². The number of esters is 1. The van der Waals surface area contributed by atoms with E-state index >= 15 is 0 Å². The second kappa shape index (κ2) is 6.23. The molecule has 0 atom stereocenters. The molecule has 1 aliphatic heterocycles. The molecule has 0 unspecified atom stereocenters. The first-order chi connectivity index (χ1) is 12.5. The molecule has 1 aliphatic rings. The lowest BCUT2D eigenvalue weighted by atomic mass is 10.1. The molecule has 0 aliphatic carbocycles. The lowest BCUT2D eigenvalue weighted by molar-refractivity contribution is 0.0467. The van der Waals surface area contributed by atoms with E-state index in [4.69, 9.17) is 9.15 Å². The predicted octanol–water partition coefficient (Wildman–Crippen LogP) is 2.99. The van der Waals surface area contributed by atoms with E-state index in [1.807, 2.05) is 17.5 Å². The number of aromatic nitrogens is 1. The maximum Gasteiger partial charge on any atom is 0.338 e.